The Morgan fingerprint density at radius 2 is 2.04 bits per heavy atom. The third-order valence-corrected chi connectivity index (χ3v) is 4.61. The van der Waals surface area contributed by atoms with E-state index in [-0.39, 0.29) is 36.4 Å². The van der Waals surface area contributed by atoms with Crippen LogP contribution in [0.2, 0.25) is 0 Å². The Labute approximate surface area is 177 Å². The summed E-state index contributed by atoms with van der Waals surface area (Å²) in [5.41, 5.74) is 3.47. The van der Waals surface area contributed by atoms with Crippen LogP contribution in [0.4, 0.5) is 5.69 Å². The molecule has 0 saturated carbocycles. The van der Waals surface area contributed by atoms with Crippen molar-refractivity contribution in [1.82, 2.24) is 15.2 Å². The Hall–Kier alpha value is -2.16. The molecule has 0 bridgehead atoms. The minimum absolute atomic E-state index is 0. The smallest absolute Gasteiger partial charge is 0.241 e. The Morgan fingerprint density at radius 1 is 1.26 bits per heavy atom. The second kappa shape index (κ2) is 10.2. The van der Waals surface area contributed by atoms with Gasteiger partial charge in [0, 0.05) is 51.2 Å². The first-order valence-electron chi connectivity index (χ1n) is 8.89. The molecule has 1 aromatic carbocycles. The fourth-order valence-electron chi connectivity index (χ4n) is 3.10. The zero-order valence-corrected chi connectivity index (χ0v) is 18.1. The highest BCUT2D eigenvalue weighted by atomic mass is 127. The van der Waals surface area contributed by atoms with Gasteiger partial charge in [0.2, 0.25) is 5.91 Å². The highest BCUT2D eigenvalue weighted by Gasteiger charge is 2.23. The molecule has 0 radical (unpaired) electrons. The summed E-state index contributed by atoms with van der Waals surface area (Å²) >= 11 is 0. The molecule has 6 nitrogen and oxygen atoms in total. The molecule has 2 heterocycles. The average molecular weight is 479 g/mol. The number of aliphatic imine (C=N–C) groups is 1. The molecule has 1 aromatic heterocycles. The summed E-state index contributed by atoms with van der Waals surface area (Å²) in [4.78, 5) is 24.9. The van der Waals surface area contributed by atoms with E-state index in [1.807, 2.05) is 31.3 Å². The highest BCUT2D eigenvalue weighted by Crippen LogP contribution is 2.27. The Kier molecular flexibility index (Phi) is 8.02. The van der Waals surface area contributed by atoms with Gasteiger partial charge in [-0.05, 0) is 30.2 Å². The number of rotatable bonds is 5. The molecular weight excluding hydrogens is 453 g/mol. The number of carbonyl (C=O) groups excluding carboxylic acids is 1. The van der Waals surface area contributed by atoms with Gasteiger partial charge < -0.3 is 15.1 Å². The van der Waals surface area contributed by atoms with Crippen molar-refractivity contribution in [2.45, 2.75) is 12.8 Å². The average Bonchev–Trinajstić information content (AvgIpc) is 3.11. The molecule has 1 aliphatic rings. The first-order valence-corrected chi connectivity index (χ1v) is 8.89. The number of likely N-dealkylation sites (N-methyl/N-ethyl adjacent to an activating group) is 1. The summed E-state index contributed by atoms with van der Waals surface area (Å²) < 4.78 is 0. The van der Waals surface area contributed by atoms with E-state index < -0.39 is 0 Å². The summed E-state index contributed by atoms with van der Waals surface area (Å²) in [6.45, 7) is 1.75. The van der Waals surface area contributed by atoms with Crippen molar-refractivity contribution in [2.75, 3.05) is 38.6 Å². The Bertz CT molecular complexity index is 781. The van der Waals surface area contributed by atoms with Gasteiger partial charge >= 0.3 is 0 Å². The molecule has 144 valence electrons. The van der Waals surface area contributed by atoms with E-state index in [1.54, 1.807) is 18.1 Å². The van der Waals surface area contributed by atoms with Gasteiger partial charge in [-0.15, -0.1) is 24.0 Å². The minimum atomic E-state index is 0. The normalized spacial score (nSPS) is 13.0. The zero-order valence-electron chi connectivity index (χ0n) is 15.8. The standard InChI is InChI=1S/C20H25N5O.HI/c1-21-20(25-14-10-16-7-3-4-9-18(16)25)23-15-19(26)24(2)13-11-17-8-5-6-12-22-17;/h3-9,12H,10-11,13-15H2,1-2H3,(H,21,23);1H. The molecule has 0 unspecified atom stereocenters. The Balaban J connectivity index is 0.00000261. The van der Waals surface area contributed by atoms with Gasteiger partial charge in [0.05, 0.1) is 6.54 Å². The fourth-order valence-corrected chi connectivity index (χ4v) is 3.10. The number of carbonyl (C=O) groups is 1. The lowest BCUT2D eigenvalue weighted by Crippen LogP contribution is -2.45. The first-order chi connectivity index (χ1) is 12.7. The number of nitrogens with one attached hydrogen (secondary N) is 1. The van der Waals surface area contributed by atoms with Crippen LogP contribution in [-0.4, -0.2) is 55.5 Å². The third kappa shape index (κ3) is 5.41. The monoisotopic (exact) mass is 479 g/mol. The number of para-hydroxylation sites is 1. The number of anilines is 1. The van der Waals surface area contributed by atoms with E-state index in [2.05, 4.69) is 38.4 Å². The van der Waals surface area contributed by atoms with Crippen LogP contribution >= 0.6 is 24.0 Å². The number of halogens is 1. The van der Waals surface area contributed by atoms with Crippen LogP contribution in [0.1, 0.15) is 11.3 Å². The van der Waals surface area contributed by atoms with Crippen molar-refractivity contribution in [3.63, 3.8) is 0 Å². The quantitative estimate of drug-likeness (QED) is 0.407. The van der Waals surface area contributed by atoms with Crippen LogP contribution in [0.5, 0.6) is 0 Å². The number of amides is 1. The number of hydrogen-bond acceptors (Lipinski definition) is 3. The molecule has 2 aromatic rings. The minimum Gasteiger partial charge on any atom is -0.347 e. The molecule has 1 aliphatic heterocycles. The van der Waals surface area contributed by atoms with Crippen molar-refractivity contribution >= 4 is 41.5 Å². The predicted molar refractivity (Wildman–Crippen MR) is 120 cm³/mol. The second-order valence-electron chi connectivity index (χ2n) is 6.32. The van der Waals surface area contributed by atoms with Crippen LogP contribution in [0.3, 0.4) is 0 Å². The predicted octanol–water partition coefficient (Wildman–Crippen LogP) is 2.34. The maximum atomic E-state index is 12.4. The van der Waals surface area contributed by atoms with Gasteiger partial charge in [0.1, 0.15) is 0 Å². The maximum Gasteiger partial charge on any atom is 0.241 e. The molecule has 27 heavy (non-hydrogen) atoms. The first kappa shape index (κ1) is 21.1. The van der Waals surface area contributed by atoms with Gasteiger partial charge in [-0.1, -0.05) is 24.3 Å². The maximum absolute atomic E-state index is 12.4. The number of nitrogens with zero attached hydrogens (tertiary/aromatic N) is 4. The molecule has 7 heteroatoms. The van der Waals surface area contributed by atoms with Crippen molar-refractivity contribution in [1.29, 1.82) is 0 Å². The van der Waals surface area contributed by atoms with E-state index in [0.29, 0.717) is 6.54 Å². The SMILES string of the molecule is CN=C(NCC(=O)N(C)CCc1ccccn1)N1CCc2ccccc21.I. The van der Waals surface area contributed by atoms with Crippen molar-refractivity contribution in [3.8, 4) is 0 Å². The molecule has 1 N–H and O–H groups in total. The number of aromatic nitrogens is 1. The van der Waals surface area contributed by atoms with Gasteiger partial charge in [0.15, 0.2) is 5.96 Å². The number of pyridine rings is 1. The number of guanidine groups is 1. The summed E-state index contributed by atoms with van der Waals surface area (Å²) in [7, 11) is 3.57. The van der Waals surface area contributed by atoms with E-state index in [4.69, 9.17) is 0 Å². The fraction of sp³-hybridized carbons (Fsp3) is 0.350. The van der Waals surface area contributed by atoms with Crippen LogP contribution in [0, 0.1) is 0 Å². The molecule has 0 aliphatic carbocycles. The molecule has 0 fully saturated rings. The van der Waals surface area contributed by atoms with E-state index in [1.165, 1.54) is 5.56 Å². The lowest BCUT2D eigenvalue weighted by atomic mass is 10.2. The van der Waals surface area contributed by atoms with Gasteiger partial charge in [-0.2, -0.15) is 0 Å². The molecule has 3 rings (SSSR count). The van der Waals surface area contributed by atoms with Crippen LogP contribution < -0.4 is 10.2 Å². The number of hydrogen-bond donors (Lipinski definition) is 1. The number of fused-ring (bicyclic) bond motifs is 1. The van der Waals surface area contributed by atoms with E-state index in [0.717, 1.165) is 36.7 Å². The molecule has 1 amide bonds. The largest absolute Gasteiger partial charge is 0.347 e. The van der Waals surface area contributed by atoms with Crippen molar-refractivity contribution in [2.24, 2.45) is 4.99 Å². The second-order valence-corrected chi connectivity index (χ2v) is 6.32. The van der Waals surface area contributed by atoms with E-state index in [9.17, 15) is 4.79 Å². The lowest BCUT2D eigenvalue weighted by Gasteiger charge is -2.23. The number of benzene rings is 1. The summed E-state index contributed by atoms with van der Waals surface area (Å²) in [5, 5.41) is 3.20. The van der Waals surface area contributed by atoms with Crippen LogP contribution in [-0.2, 0) is 17.6 Å². The summed E-state index contributed by atoms with van der Waals surface area (Å²) in [6, 6.07) is 14.1. The highest BCUT2D eigenvalue weighted by molar-refractivity contribution is 14.0. The van der Waals surface area contributed by atoms with Crippen molar-refractivity contribution < 1.29 is 4.79 Å². The molecule has 0 saturated heterocycles. The van der Waals surface area contributed by atoms with Gasteiger partial charge in [0.25, 0.3) is 0 Å². The van der Waals surface area contributed by atoms with Gasteiger partial charge in [-0.25, -0.2) is 0 Å². The third-order valence-electron chi connectivity index (χ3n) is 4.61. The lowest BCUT2D eigenvalue weighted by molar-refractivity contribution is -0.128. The molecule has 0 spiro atoms. The van der Waals surface area contributed by atoms with Gasteiger partial charge in [-0.3, -0.25) is 14.8 Å². The van der Waals surface area contributed by atoms with Crippen LogP contribution in [0.15, 0.2) is 53.7 Å². The van der Waals surface area contributed by atoms with Crippen LogP contribution in [0.25, 0.3) is 0 Å². The molecular formula is C20H26IN5O. The molecule has 0 atom stereocenters. The van der Waals surface area contributed by atoms with Crippen molar-refractivity contribution in [3.05, 3.63) is 59.9 Å². The topological polar surface area (TPSA) is 60.8 Å². The Morgan fingerprint density at radius 3 is 2.78 bits per heavy atom. The zero-order chi connectivity index (χ0) is 18.4. The summed E-state index contributed by atoms with van der Waals surface area (Å²) in [5.74, 6) is 0.774. The summed E-state index contributed by atoms with van der Waals surface area (Å²) in [6.07, 6.45) is 3.52. The van der Waals surface area contributed by atoms with E-state index >= 15 is 0 Å².